The molecule has 2 aromatic rings. The van der Waals surface area contributed by atoms with E-state index in [1.807, 2.05) is 50.7 Å². The number of carbonyl (C=O) groups is 2. The number of nitrogens with two attached hydrogens (primary N) is 1. The van der Waals surface area contributed by atoms with Crippen molar-refractivity contribution in [3.05, 3.63) is 42.0 Å². The lowest BCUT2D eigenvalue weighted by atomic mass is 9.98. The number of hydrogen-bond donors (Lipinski definition) is 1. The third-order valence-electron chi connectivity index (χ3n) is 6.52. The number of allylic oxidation sites excluding steroid dienone is 3. The highest BCUT2D eigenvalue weighted by atomic mass is 16.5. The van der Waals surface area contributed by atoms with Gasteiger partial charge in [-0.2, -0.15) is 0 Å². The zero-order valence-electron chi connectivity index (χ0n) is 23.5. The van der Waals surface area contributed by atoms with Crippen LogP contribution in [0.3, 0.4) is 0 Å². The van der Waals surface area contributed by atoms with Crippen molar-refractivity contribution in [1.82, 2.24) is 14.5 Å². The minimum atomic E-state index is -0.535. The van der Waals surface area contributed by atoms with Crippen LogP contribution in [0, 0.1) is 17.3 Å². The Labute approximate surface area is 221 Å². The fraction of sp³-hybridized carbons (Fsp3) is 0.552. The van der Waals surface area contributed by atoms with Crippen LogP contribution in [-0.4, -0.2) is 39.7 Å². The molecule has 8 heteroatoms. The average molecular weight is 510 g/mol. The van der Waals surface area contributed by atoms with Gasteiger partial charge in [0.1, 0.15) is 12.0 Å². The molecule has 1 atom stereocenters. The van der Waals surface area contributed by atoms with E-state index in [4.69, 9.17) is 10.5 Å². The second kappa shape index (κ2) is 13.9. The van der Waals surface area contributed by atoms with Gasteiger partial charge in [-0.3, -0.25) is 19.1 Å². The first-order valence-corrected chi connectivity index (χ1v) is 13.1. The van der Waals surface area contributed by atoms with Crippen LogP contribution < -0.4 is 5.73 Å². The first kappa shape index (κ1) is 29.9. The van der Waals surface area contributed by atoms with E-state index in [1.54, 1.807) is 13.1 Å². The molecular formula is C29H43N5O3. The third kappa shape index (κ3) is 8.95. The minimum absolute atomic E-state index is 0.127. The van der Waals surface area contributed by atoms with Gasteiger partial charge in [-0.25, -0.2) is 9.97 Å². The van der Waals surface area contributed by atoms with Crippen molar-refractivity contribution in [2.24, 2.45) is 28.0 Å². The molecule has 2 aromatic heterocycles. The number of nitrogens with zero attached hydrogens (tertiary/aromatic N) is 4. The summed E-state index contributed by atoms with van der Waals surface area (Å²) in [6.45, 7) is 11.9. The number of ether oxygens (including phenoxy) is 1. The van der Waals surface area contributed by atoms with Crippen LogP contribution in [0.4, 0.5) is 0 Å². The fourth-order valence-electron chi connectivity index (χ4n) is 4.15. The molecule has 0 aliphatic heterocycles. The lowest BCUT2D eigenvalue weighted by Gasteiger charge is -2.17. The van der Waals surface area contributed by atoms with Crippen LogP contribution in [-0.2, 0) is 21.1 Å². The molecule has 1 amide bonds. The van der Waals surface area contributed by atoms with Gasteiger partial charge >= 0.3 is 5.97 Å². The van der Waals surface area contributed by atoms with Crippen LogP contribution in [0.2, 0.25) is 0 Å². The van der Waals surface area contributed by atoms with Gasteiger partial charge < -0.3 is 10.5 Å². The van der Waals surface area contributed by atoms with E-state index in [2.05, 4.69) is 34.9 Å². The smallest absolute Gasteiger partial charge is 0.312 e. The molecule has 0 aromatic carbocycles. The Hall–Kier alpha value is -3.29. The van der Waals surface area contributed by atoms with Crippen molar-refractivity contribution >= 4 is 34.7 Å². The molecule has 1 unspecified atom stereocenters. The van der Waals surface area contributed by atoms with Crippen LogP contribution in [0.5, 0.6) is 0 Å². The van der Waals surface area contributed by atoms with Gasteiger partial charge in [0.2, 0.25) is 5.91 Å². The Morgan fingerprint density at radius 3 is 2.51 bits per heavy atom. The summed E-state index contributed by atoms with van der Waals surface area (Å²) in [6, 6.07) is 1.95. The highest BCUT2D eigenvalue weighted by Crippen LogP contribution is 2.30. The van der Waals surface area contributed by atoms with Gasteiger partial charge in [0.05, 0.1) is 11.1 Å². The number of rotatable bonds is 8. The van der Waals surface area contributed by atoms with Crippen molar-refractivity contribution in [3.8, 4) is 0 Å². The topological polar surface area (TPSA) is 112 Å². The van der Waals surface area contributed by atoms with Gasteiger partial charge in [0.15, 0.2) is 6.73 Å². The Bertz CT molecular complexity index is 1150. The number of hydrogen-bond acceptors (Lipinski definition) is 6. The van der Waals surface area contributed by atoms with E-state index in [-0.39, 0.29) is 18.6 Å². The highest BCUT2D eigenvalue weighted by Gasteiger charge is 2.23. The molecule has 0 radical (unpaired) electrons. The molecule has 1 saturated carbocycles. The fourth-order valence-corrected chi connectivity index (χ4v) is 4.15. The molecule has 0 bridgehead atoms. The molecule has 0 saturated heterocycles. The lowest BCUT2D eigenvalue weighted by molar-refractivity contribution is -0.156. The third-order valence-corrected chi connectivity index (χ3v) is 6.52. The summed E-state index contributed by atoms with van der Waals surface area (Å²) < 4.78 is 7.23. The van der Waals surface area contributed by atoms with E-state index in [9.17, 15) is 9.59 Å². The Balaban J connectivity index is 0.000000364. The van der Waals surface area contributed by atoms with E-state index in [1.165, 1.54) is 32.0 Å². The number of amides is 1. The zero-order chi connectivity index (χ0) is 27.6. The maximum atomic E-state index is 12.0. The van der Waals surface area contributed by atoms with Gasteiger partial charge in [0, 0.05) is 36.5 Å². The summed E-state index contributed by atoms with van der Waals surface area (Å²) in [5, 5.41) is 0.911. The van der Waals surface area contributed by atoms with Crippen LogP contribution in [0.25, 0.3) is 16.6 Å². The van der Waals surface area contributed by atoms with Crippen molar-refractivity contribution in [3.63, 3.8) is 0 Å². The summed E-state index contributed by atoms with van der Waals surface area (Å²) in [5.41, 5.74) is 8.21. The second-order valence-corrected chi connectivity index (χ2v) is 10.7. The number of aliphatic imine (C=N–C) groups is 1. The number of aromatic nitrogens is 3. The predicted octanol–water partition coefficient (Wildman–Crippen LogP) is 5.72. The predicted molar refractivity (Wildman–Crippen MR) is 150 cm³/mol. The molecule has 3 rings (SSSR count). The van der Waals surface area contributed by atoms with Crippen molar-refractivity contribution in [2.75, 3.05) is 7.05 Å². The Morgan fingerprint density at radius 2 is 1.95 bits per heavy atom. The van der Waals surface area contributed by atoms with Gasteiger partial charge in [-0.15, -0.1) is 0 Å². The standard InChI is InChI=1S/C20H28N4O2.C9H15NO/c1-7-14(2)10-15(11-21-6)17-16-8-9-24(18(16)23-12-22-17)13-26-19(25)20(3,4)5;1-7(6-9(10)11)8-4-2-3-5-8/h8-12,14H,7,13H2,1-6H3;6,8H,2-5H2,1H3,(H2,10,11)/b15-10+,21-11?;7-6+. The number of primary amides is 1. The summed E-state index contributed by atoms with van der Waals surface area (Å²) in [7, 11) is 1.75. The first-order chi connectivity index (χ1) is 17.5. The molecule has 1 aliphatic rings. The molecule has 1 aliphatic carbocycles. The zero-order valence-corrected chi connectivity index (χ0v) is 23.5. The molecule has 1 fully saturated rings. The Morgan fingerprint density at radius 1 is 1.27 bits per heavy atom. The van der Waals surface area contributed by atoms with E-state index in [0.29, 0.717) is 11.8 Å². The number of esters is 1. The van der Waals surface area contributed by atoms with E-state index < -0.39 is 5.41 Å². The molecule has 2 N–H and O–H groups in total. The lowest BCUT2D eigenvalue weighted by Crippen LogP contribution is -2.23. The molecule has 8 nitrogen and oxygen atoms in total. The first-order valence-electron chi connectivity index (χ1n) is 13.1. The summed E-state index contributed by atoms with van der Waals surface area (Å²) in [6.07, 6.45) is 15.1. The number of carbonyl (C=O) groups excluding carboxylic acids is 2. The molecule has 2 heterocycles. The van der Waals surface area contributed by atoms with Gasteiger partial charge in [0.25, 0.3) is 0 Å². The van der Waals surface area contributed by atoms with Crippen LogP contribution in [0.1, 0.15) is 79.3 Å². The summed E-state index contributed by atoms with van der Waals surface area (Å²) in [5.74, 6) is 0.490. The van der Waals surface area contributed by atoms with E-state index >= 15 is 0 Å². The van der Waals surface area contributed by atoms with Crippen molar-refractivity contribution in [2.45, 2.75) is 80.4 Å². The molecule has 0 spiro atoms. The van der Waals surface area contributed by atoms with Crippen LogP contribution >= 0.6 is 0 Å². The molecule has 202 valence electrons. The second-order valence-electron chi connectivity index (χ2n) is 10.7. The van der Waals surface area contributed by atoms with Gasteiger partial charge in [-0.1, -0.05) is 44.8 Å². The number of fused-ring (bicyclic) bond motifs is 1. The SMILES string of the molecule is C/C(=C\C(N)=O)C1CCCC1.CCC(C)/C=C(\C=NC)c1ncnc2c1ccn2COC(=O)C(C)(C)C. The molecule has 37 heavy (non-hydrogen) atoms. The highest BCUT2D eigenvalue weighted by molar-refractivity contribution is 6.13. The summed E-state index contributed by atoms with van der Waals surface area (Å²) in [4.78, 5) is 35.5. The Kier molecular flexibility index (Phi) is 11.2. The van der Waals surface area contributed by atoms with Crippen molar-refractivity contribution < 1.29 is 14.3 Å². The maximum Gasteiger partial charge on any atom is 0.312 e. The monoisotopic (exact) mass is 509 g/mol. The summed E-state index contributed by atoms with van der Waals surface area (Å²) >= 11 is 0. The van der Waals surface area contributed by atoms with Crippen molar-refractivity contribution in [1.29, 1.82) is 0 Å². The quantitative estimate of drug-likeness (QED) is 0.278. The normalized spacial score (nSPS) is 16.1. The maximum absolute atomic E-state index is 12.0. The van der Waals surface area contributed by atoms with Crippen LogP contribution in [0.15, 0.2) is 41.3 Å². The van der Waals surface area contributed by atoms with E-state index in [0.717, 1.165) is 34.3 Å². The average Bonchev–Trinajstić information content (AvgIpc) is 3.52. The minimum Gasteiger partial charge on any atom is -0.443 e. The largest absolute Gasteiger partial charge is 0.443 e. The molecular weight excluding hydrogens is 466 g/mol. The van der Waals surface area contributed by atoms with Gasteiger partial charge in [-0.05, 0) is 58.4 Å².